The maximum Gasteiger partial charge on any atom is 0.298 e. The molecule has 0 spiro atoms. The lowest BCUT2D eigenvalue weighted by Crippen LogP contribution is -2.33. The summed E-state index contributed by atoms with van der Waals surface area (Å²) in [6.45, 7) is 3.82. The molecule has 1 aromatic rings. The molecule has 0 radical (unpaired) electrons. The Morgan fingerprint density at radius 1 is 1.14 bits per heavy atom. The van der Waals surface area contributed by atoms with Crippen LogP contribution >= 0.6 is 0 Å². The van der Waals surface area contributed by atoms with Gasteiger partial charge in [0.25, 0.3) is 10.2 Å². The summed E-state index contributed by atoms with van der Waals surface area (Å²) in [5.41, 5.74) is 2.61. The Hall–Kier alpha value is -1.07. The van der Waals surface area contributed by atoms with Gasteiger partial charge in [-0.05, 0) is 37.1 Å². The van der Waals surface area contributed by atoms with E-state index < -0.39 is 10.2 Å². The molecule has 0 heterocycles. The number of nitrogens with zero attached hydrogens (tertiary/aromatic N) is 1. The number of hydrogen-bond donors (Lipinski definition) is 1. The molecule has 5 heteroatoms. The topological polar surface area (TPSA) is 63.4 Å². The summed E-state index contributed by atoms with van der Waals surface area (Å²) in [7, 11) is -2.22. The minimum absolute atomic E-state index is 0.588. The molecule has 0 saturated heterocycles. The van der Waals surface area contributed by atoms with E-state index >= 15 is 0 Å². The lowest BCUT2D eigenvalue weighted by Gasteiger charge is -2.17. The van der Waals surface area contributed by atoms with E-state index in [1.165, 1.54) is 7.05 Å². The Morgan fingerprint density at radius 2 is 1.57 bits per heavy atom. The van der Waals surface area contributed by atoms with E-state index in [-0.39, 0.29) is 0 Å². The van der Waals surface area contributed by atoms with Crippen molar-refractivity contribution >= 4 is 15.9 Å². The van der Waals surface area contributed by atoms with E-state index in [2.05, 4.69) is 0 Å². The molecule has 0 bridgehead atoms. The number of nitrogens with two attached hydrogens (primary N) is 1. The van der Waals surface area contributed by atoms with Gasteiger partial charge in [0, 0.05) is 7.05 Å². The van der Waals surface area contributed by atoms with Gasteiger partial charge >= 0.3 is 0 Å². The van der Waals surface area contributed by atoms with E-state index in [0.29, 0.717) is 5.69 Å². The van der Waals surface area contributed by atoms with E-state index in [9.17, 15) is 8.42 Å². The van der Waals surface area contributed by atoms with Crippen molar-refractivity contribution in [1.29, 1.82) is 0 Å². The molecule has 0 aliphatic heterocycles. The molecule has 78 valence electrons. The molecule has 0 aromatic heterocycles. The van der Waals surface area contributed by atoms with Gasteiger partial charge in [0.15, 0.2) is 0 Å². The van der Waals surface area contributed by atoms with Crippen LogP contribution in [0.15, 0.2) is 18.2 Å². The second kappa shape index (κ2) is 3.59. The van der Waals surface area contributed by atoms with Crippen molar-refractivity contribution in [2.75, 3.05) is 11.4 Å². The van der Waals surface area contributed by atoms with Crippen LogP contribution in [0.1, 0.15) is 11.1 Å². The van der Waals surface area contributed by atoms with Crippen LogP contribution in [0.4, 0.5) is 5.69 Å². The average Bonchev–Trinajstić information content (AvgIpc) is 1.99. The third-order valence-electron chi connectivity index (χ3n) is 1.95. The molecule has 14 heavy (non-hydrogen) atoms. The molecule has 0 atom stereocenters. The summed E-state index contributed by atoms with van der Waals surface area (Å²) in [5.74, 6) is 0. The highest BCUT2D eigenvalue weighted by Gasteiger charge is 2.12. The number of benzene rings is 1. The van der Waals surface area contributed by atoms with Crippen LogP contribution in [0.2, 0.25) is 0 Å². The fourth-order valence-electron chi connectivity index (χ4n) is 1.28. The van der Waals surface area contributed by atoms with Gasteiger partial charge in [0.05, 0.1) is 5.69 Å². The zero-order chi connectivity index (χ0) is 10.9. The quantitative estimate of drug-likeness (QED) is 0.796. The maximum atomic E-state index is 11.1. The van der Waals surface area contributed by atoms with Crippen LogP contribution in [-0.2, 0) is 10.2 Å². The first-order valence-electron chi connectivity index (χ1n) is 4.15. The SMILES string of the molecule is Cc1cc(C)cc(N(C)S(N)(=O)=O)c1. The minimum atomic E-state index is -3.66. The van der Waals surface area contributed by atoms with Crippen LogP contribution in [-0.4, -0.2) is 15.5 Å². The summed E-state index contributed by atoms with van der Waals surface area (Å²) < 4.78 is 23.2. The monoisotopic (exact) mass is 214 g/mol. The Balaban J connectivity index is 3.20. The molecular formula is C9H14N2O2S. The van der Waals surface area contributed by atoms with Crippen LogP contribution in [0.25, 0.3) is 0 Å². The van der Waals surface area contributed by atoms with Crippen LogP contribution < -0.4 is 9.44 Å². The van der Waals surface area contributed by atoms with E-state index in [4.69, 9.17) is 5.14 Å². The van der Waals surface area contributed by atoms with Crippen molar-refractivity contribution in [2.45, 2.75) is 13.8 Å². The third-order valence-corrected chi connectivity index (χ3v) is 2.93. The average molecular weight is 214 g/mol. The van der Waals surface area contributed by atoms with E-state index in [1.54, 1.807) is 12.1 Å². The van der Waals surface area contributed by atoms with E-state index in [0.717, 1.165) is 15.4 Å². The molecule has 0 saturated carbocycles. The summed E-state index contributed by atoms with van der Waals surface area (Å²) in [6, 6.07) is 5.52. The fourth-order valence-corrected chi connectivity index (χ4v) is 1.68. The van der Waals surface area contributed by atoms with Crippen LogP contribution in [0.5, 0.6) is 0 Å². The van der Waals surface area contributed by atoms with Crippen molar-refractivity contribution in [3.05, 3.63) is 29.3 Å². The minimum Gasteiger partial charge on any atom is -0.261 e. The summed E-state index contributed by atoms with van der Waals surface area (Å²) in [4.78, 5) is 0. The number of hydrogen-bond acceptors (Lipinski definition) is 2. The van der Waals surface area contributed by atoms with Crippen molar-refractivity contribution in [2.24, 2.45) is 5.14 Å². The molecule has 0 aliphatic carbocycles. The largest absolute Gasteiger partial charge is 0.298 e. The fraction of sp³-hybridized carbons (Fsp3) is 0.333. The lowest BCUT2D eigenvalue weighted by molar-refractivity contribution is 0.596. The van der Waals surface area contributed by atoms with Gasteiger partial charge in [-0.1, -0.05) is 6.07 Å². The Morgan fingerprint density at radius 3 is 1.93 bits per heavy atom. The zero-order valence-corrected chi connectivity index (χ0v) is 9.30. The molecule has 4 nitrogen and oxygen atoms in total. The Bertz CT molecular complexity index is 420. The molecular weight excluding hydrogens is 200 g/mol. The van der Waals surface area contributed by atoms with Crippen molar-refractivity contribution in [1.82, 2.24) is 0 Å². The smallest absolute Gasteiger partial charge is 0.261 e. The predicted molar refractivity (Wildman–Crippen MR) is 57.4 cm³/mol. The highest BCUT2D eigenvalue weighted by molar-refractivity contribution is 7.90. The third kappa shape index (κ3) is 2.46. The Labute approximate surface area is 84.5 Å². The molecule has 2 N–H and O–H groups in total. The maximum absolute atomic E-state index is 11.1. The summed E-state index contributed by atoms with van der Waals surface area (Å²) in [6.07, 6.45) is 0. The molecule has 0 fully saturated rings. The van der Waals surface area contributed by atoms with Gasteiger partial charge < -0.3 is 0 Å². The second-order valence-electron chi connectivity index (χ2n) is 3.36. The first-order valence-corrected chi connectivity index (χ1v) is 5.66. The van der Waals surface area contributed by atoms with Gasteiger partial charge in [-0.3, -0.25) is 4.31 Å². The van der Waals surface area contributed by atoms with Crippen LogP contribution in [0.3, 0.4) is 0 Å². The van der Waals surface area contributed by atoms with Gasteiger partial charge in [0.2, 0.25) is 0 Å². The number of rotatable bonds is 2. The van der Waals surface area contributed by atoms with Gasteiger partial charge in [-0.15, -0.1) is 0 Å². The van der Waals surface area contributed by atoms with Crippen LogP contribution in [0, 0.1) is 13.8 Å². The molecule has 0 aliphatic rings. The van der Waals surface area contributed by atoms with Crippen molar-refractivity contribution in [3.63, 3.8) is 0 Å². The molecule has 0 unspecified atom stereocenters. The second-order valence-corrected chi connectivity index (χ2v) is 4.94. The standard InChI is InChI=1S/C9H14N2O2S/c1-7-4-8(2)6-9(5-7)11(3)14(10,12)13/h4-6H,1-3H3,(H2,10,12,13). The van der Waals surface area contributed by atoms with Gasteiger partial charge in [-0.2, -0.15) is 8.42 Å². The first kappa shape index (κ1) is 11.0. The van der Waals surface area contributed by atoms with Crippen molar-refractivity contribution < 1.29 is 8.42 Å². The number of anilines is 1. The zero-order valence-electron chi connectivity index (χ0n) is 8.48. The molecule has 1 aromatic carbocycles. The summed E-state index contributed by atoms with van der Waals surface area (Å²) >= 11 is 0. The summed E-state index contributed by atoms with van der Waals surface area (Å²) in [5, 5.41) is 5.01. The van der Waals surface area contributed by atoms with E-state index in [1.807, 2.05) is 19.9 Å². The molecule has 1 rings (SSSR count). The highest BCUT2D eigenvalue weighted by atomic mass is 32.2. The lowest BCUT2D eigenvalue weighted by atomic mass is 10.1. The molecule has 0 amide bonds. The Kier molecular flexibility index (Phi) is 2.82. The highest BCUT2D eigenvalue weighted by Crippen LogP contribution is 2.18. The number of aryl methyl sites for hydroxylation is 2. The van der Waals surface area contributed by atoms with Crippen molar-refractivity contribution in [3.8, 4) is 0 Å². The van der Waals surface area contributed by atoms with Gasteiger partial charge in [0.1, 0.15) is 0 Å². The normalized spacial score (nSPS) is 11.4. The first-order chi connectivity index (χ1) is 6.30. The predicted octanol–water partition coefficient (Wildman–Crippen LogP) is 0.943. The van der Waals surface area contributed by atoms with Gasteiger partial charge in [-0.25, -0.2) is 5.14 Å².